The van der Waals surface area contributed by atoms with Crippen LogP contribution < -0.4 is 9.47 Å². The Morgan fingerprint density at radius 1 is 0.604 bits per heavy atom. The van der Waals surface area contributed by atoms with Crippen molar-refractivity contribution in [2.24, 2.45) is 0 Å². The summed E-state index contributed by atoms with van der Waals surface area (Å²) in [6.45, 7) is 12.2. The number of ether oxygens (including phenoxy) is 4. The summed E-state index contributed by atoms with van der Waals surface area (Å²) >= 11 is 0. The standard InChI is InChI=1S/C43H46O10/c1-28(2)42(46)50-23-11-7-5-9-21-48-35-15-13-17-37-33(35)26-39(52-37)30-19-20-31(32(25-30)41(44)45)40-27-34-36(16-14-18-38(34)53-40)49-22-10-6-8-12-24-51-43(47)29(3)4/h13-20,25-27H,1,3,5-12,21-24H2,2,4H3,(H,44,45). The van der Waals surface area contributed by atoms with Crippen molar-refractivity contribution in [3.8, 4) is 34.1 Å². The largest absolute Gasteiger partial charge is 0.493 e. The predicted octanol–water partition coefficient (Wildman–Crippen LogP) is 10.3. The average molecular weight is 723 g/mol. The fourth-order valence-corrected chi connectivity index (χ4v) is 5.74. The number of esters is 2. The van der Waals surface area contributed by atoms with Gasteiger partial charge in [0.15, 0.2) is 0 Å². The van der Waals surface area contributed by atoms with E-state index in [-0.39, 0.29) is 17.5 Å². The molecule has 0 spiro atoms. The summed E-state index contributed by atoms with van der Waals surface area (Å²) in [7, 11) is 0. The van der Waals surface area contributed by atoms with E-state index in [9.17, 15) is 19.5 Å². The number of rotatable bonds is 21. The van der Waals surface area contributed by atoms with Crippen LogP contribution in [0.3, 0.4) is 0 Å². The smallest absolute Gasteiger partial charge is 0.336 e. The lowest BCUT2D eigenvalue weighted by atomic mass is 10.0. The summed E-state index contributed by atoms with van der Waals surface area (Å²) < 4.78 is 34.7. The average Bonchev–Trinajstić information content (AvgIpc) is 3.79. The maximum absolute atomic E-state index is 12.5. The Kier molecular flexibility index (Phi) is 13.5. The van der Waals surface area contributed by atoms with Gasteiger partial charge in [-0.2, -0.15) is 0 Å². The molecular formula is C43H46O10. The fourth-order valence-electron chi connectivity index (χ4n) is 5.74. The predicted molar refractivity (Wildman–Crippen MR) is 203 cm³/mol. The molecule has 0 radical (unpaired) electrons. The number of aromatic carboxylic acids is 1. The van der Waals surface area contributed by atoms with Crippen molar-refractivity contribution in [1.82, 2.24) is 0 Å². The molecule has 0 saturated carbocycles. The first-order valence-corrected chi connectivity index (χ1v) is 18.0. The van der Waals surface area contributed by atoms with Crippen LogP contribution >= 0.6 is 0 Å². The molecule has 3 aromatic carbocycles. The summed E-state index contributed by atoms with van der Waals surface area (Å²) in [5.41, 5.74) is 3.13. The summed E-state index contributed by atoms with van der Waals surface area (Å²) in [4.78, 5) is 35.5. The van der Waals surface area contributed by atoms with Crippen molar-refractivity contribution in [2.45, 2.75) is 65.2 Å². The number of hydrogen-bond acceptors (Lipinski definition) is 9. The van der Waals surface area contributed by atoms with Crippen LogP contribution in [0.4, 0.5) is 0 Å². The topological polar surface area (TPSA) is 135 Å². The van der Waals surface area contributed by atoms with Gasteiger partial charge in [-0.05, 0) is 114 Å². The van der Waals surface area contributed by atoms with Crippen molar-refractivity contribution in [3.05, 3.63) is 96.6 Å². The monoisotopic (exact) mass is 722 g/mol. The van der Waals surface area contributed by atoms with E-state index in [0.717, 1.165) is 62.1 Å². The van der Waals surface area contributed by atoms with Gasteiger partial charge in [0.25, 0.3) is 0 Å². The van der Waals surface area contributed by atoms with Crippen LogP contribution in [0.1, 0.15) is 75.6 Å². The van der Waals surface area contributed by atoms with Crippen LogP contribution in [0.2, 0.25) is 0 Å². The van der Waals surface area contributed by atoms with Crippen LogP contribution in [0.5, 0.6) is 11.5 Å². The lowest BCUT2D eigenvalue weighted by molar-refractivity contribution is -0.139. The quantitative estimate of drug-likeness (QED) is 0.0443. The van der Waals surface area contributed by atoms with Crippen molar-refractivity contribution in [2.75, 3.05) is 26.4 Å². The van der Waals surface area contributed by atoms with Gasteiger partial charge in [-0.25, -0.2) is 14.4 Å². The third-order valence-electron chi connectivity index (χ3n) is 8.60. The molecule has 10 nitrogen and oxygen atoms in total. The normalized spacial score (nSPS) is 11.1. The molecule has 0 aliphatic carbocycles. The van der Waals surface area contributed by atoms with Crippen molar-refractivity contribution in [1.29, 1.82) is 0 Å². The van der Waals surface area contributed by atoms with Gasteiger partial charge in [0.05, 0.1) is 42.8 Å². The molecule has 2 heterocycles. The minimum absolute atomic E-state index is 0.0734. The Morgan fingerprint density at radius 3 is 1.57 bits per heavy atom. The zero-order valence-corrected chi connectivity index (χ0v) is 30.4. The lowest BCUT2D eigenvalue weighted by Crippen LogP contribution is -2.06. The second-order valence-electron chi connectivity index (χ2n) is 13.0. The second-order valence-corrected chi connectivity index (χ2v) is 13.0. The van der Waals surface area contributed by atoms with E-state index >= 15 is 0 Å². The van der Waals surface area contributed by atoms with E-state index < -0.39 is 5.97 Å². The summed E-state index contributed by atoms with van der Waals surface area (Å²) in [6, 6.07) is 19.9. The van der Waals surface area contributed by atoms with Gasteiger partial charge >= 0.3 is 17.9 Å². The zero-order valence-electron chi connectivity index (χ0n) is 30.4. The summed E-state index contributed by atoms with van der Waals surface area (Å²) in [6.07, 6.45) is 6.90. The molecule has 10 heteroatoms. The first-order chi connectivity index (χ1) is 25.6. The number of fused-ring (bicyclic) bond motifs is 2. The molecule has 1 N–H and O–H groups in total. The van der Waals surface area contributed by atoms with Crippen LogP contribution in [0.15, 0.2) is 99.9 Å². The highest BCUT2D eigenvalue weighted by atomic mass is 16.5. The fraction of sp³-hybridized carbons (Fsp3) is 0.326. The number of carboxylic acid groups (broad SMARTS) is 1. The molecule has 0 fully saturated rings. The number of furan rings is 2. The highest BCUT2D eigenvalue weighted by Gasteiger charge is 2.20. The third kappa shape index (κ3) is 10.4. The number of carboxylic acids is 1. The van der Waals surface area contributed by atoms with Crippen LogP contribution in [-0.2, 0) is 19.1 Å². The molecule has 0 bridgehead atoms. The lowest BCUT2D eigenvalue weighted by Gasteiger charge is -2.07. The SMILES string of the molecule is C=C(C)C(=O)OCCCCCCOc1cccc2oc(-c3ccc(-c4cc5c(OCCCCCCOC(=O)C(=C)C)cccc5o4)c(C(=O)O)c3)cc12. The Bertz CT molecular complexity index is 2080. The zero-order chi connectivity index (χ0) is 37.7. The first-order valence-electron chi connectivity index (χ1n) is 18.0. The maximum Gasteiger partial charge on any atom is 0.336 e. The van der Waals surface area contributed by atoms with E-state index in [0.29, 0.717) is 82.9 Å². The van der Waals surface area contributed by atoms with Crippen molar-refractivity contribution >= 4 is 39.8 Å². The van der Waals surface area contributed by atoms with Crippen molar-refractivity contribution < 1.29 is 47.3 Å². The van der Waals surface area contributed by atoms with Crippen LogP contribution in [0.25, 0.3) is 44.6 Å². The van der Waals surface area contributed by atoms with E-state index in [4.69, 9.17) is 27.8 Å². The molecule has 0 saturated heterocycles. The third-order valence-corrected chi connectivity index (χ3v) is 8.60. The number of benzene rings is 3. The van der Waals surface area contributed by atoms with Crippen LogP contribution in [0, 0.1) is 0 Å². The van der Waals surface area contributed by atoms with Gasteiger partial charge in [0, 0.05) is 22.3 Å². The summed E-state index contributed by atoms with van der Waals surface area (Å²) in [5.74, 6) is 0.452. The van der Waals surface area contributed by atoms with Gasteiger partial charge in [0.1, 0.15) is 34.2 Å². The molecule has 0 atom stereocenters. The number of carbonyl (C=O) groups is 3. The molecule has 53 heavy (non-hydrogen) atoms. The molecule has 0 amide bonds. The van der Waals surface area contributed by atoms with E-state index in [1.165, 1.54) is 0 Å². The molecule has 0 unspecified atom stereocenters. The van der Waals surface area contributed by atoms with Gasteiger partial charge in [-0.1, -0.05) is 31.4 Å². The molecule has 5 aromatic rings. The highest BCUT2D eigenvalue weighted by Crippen LogP contribution is 2.38. The second kappa shape index (κ2) is 18.6. The molecule has 2 aromatic heterocycles. The Balaban J connectivity index is 1.20. The van der Waals surface area contributed by atoms with Crippen LogP contribution in [-0.4, -0.2) is 49.4 Å². The number of unbranched alkanes of at least 4 members (excludes halogenated alkanes) is 6. The van der Waals surface area contributed by atoms with Gasteiger partial charge in [0.2, 0.25) is 0 Å². The number of hydrogen-bond donors (Lipinski definition) is 1. The Morgan fingerprint density at radius 2 is 1.08 bits per heavy atom. The molecule has 278 valence electrons. The van der Waals surface area contributed by atoms with E-state index in [1.54, 1.807) is 26.0 Å². The molecule has 5 rings (SSSR count). The molecule has 0 aliphatic heterocycles. The van der Waals surface area contributed by atoms with E-state index in [2.05, 4.69) is 13.2 Å². The van der Waals surface area contributed by atoms with Crippen molar-refractivity contribution in [3.63, 3.8) is 0 Å². The first kappa shape index (κ1) is 38.5. The summed E-state index contributed by atoms with van der Waals surface area (Å²) in [5, 5.41) is 11.8. The minimum Gasteiger partial charge on any atom is -0.493 e. The maximum atomic E-state index is 12.5. The van der Waals surface area contributed by atoms with Gasteiger partial charge in [-0.15, -0.1) is 0 Å². The number of carbonyl (C=O) groups excluding carboxylic acids is 2. The Labute approximate surface area is 309 Å². The van der Waals surface area contributed by atoms with Gasteiger partial charge in [-0.3, -0.25) is 0 Å². The minimum atomic E-state index is -1.10. The highest BCUT2D eigenvalue weighted by molar-refractivity contribution is 5.99. The van der Waals surface area contributed by atoms with Gasteiger partial charge < -0.3 is 32.9 Å². The van der Waals surface area contributed by atoms with E-state index in [1.807, 2.05) is 54.6 Å². The molecule has 0 aliphatic rings. The molecular weight excluding hydrogens is 676 g/mol. The Hall–Kier alpha value is -5.77.